The highest BCUT2D eigenvalue weighted by atomic mass is 15.0. The molecule has 1 heterocycles. The second-order valence-corrected chi connectivity index (χ2v) is 2.75. The predicted octanol–water partition coefficient (Wildman–Crippen LogP) is 1.25. The van der Waals surface area contributed by atoms with Gasteiger partial charge in [0.15, 0.2) is 0 Å². The monoisotopic (exact) mass is 174 g/mol. The highest BCUT2D eigenvalue weighted by Gasteiger charge is 1.97. The second kappa shape index (κ2) is 2.90. The van der Waals surface area contributed by atoms with Crippen LogP contribution in [0.1, 0.15) is 0 Å². The van der Waals surface area contributed by atoms with E-state index in [2.05, 4.69) is 15.3 Å². The fourth-order valence-corrected chi connectivity index (χ4v) is 1.15. The third-order valence-corrected chi connectivity index (χ3v) is 1.82. The molecule has 1 aromatic heterocycles. The normalized spacial score (nSPS) is 10.2. The lowest BCUT2D eigenvalue weighted by Crippen LogP contribution is -1.94. The number of nitrogens with zero attached hydrogens (tertiary/aromatic N) is 2. The number of hydrogen-bond donors (Lipinski definition) is 2. The van der Waals surface area contributed by atoms with E-state index in [-0.39, 0.29) is 0 Å². The standard InChI is InChI=1S/C9H10N4/c1-11-9-5-12-7-3-2-6(10)4-8(7)13-9/h2-5H,10H2,1H3,(H,11,13). The number of rotatable bonds is 1. The fourth-order valence-electron chi connectivity index (χ4n) is 1.15. The van der Waals surface area contributed by atoms with Crippen LogP contribution in [0.2, 0.25) is 0 Å². The van der Waals surface area contributed by atoms with Gasteiger partial charge in [0.2, 0.25) is 0 Å². The van der Waals surface area contributed by atoms with Crippen molar-refractivity contribution in [3.8, 4) is 0 Å². The van der Waals surface area contributed by atoms with Gasteiger partial charge in [0.05, 0.1) is 17.2 Å². The number of nitrogens with one attached hydrogen (secondary N) is 1. The zero-order valence-corrected chi connectivity index (χ0v) is 7.28. The third-order valence-electron chi connectivity index (χ3n) is 1.82. The molecule has 0 aliphatic carbocycles. The first-order valence-corrected chi connectivity index (χ1v) is 3.99. The summed E-state index contributed by atoms with van der Waals surface area (Å²) in [4.78, 5) is 8.51. The lowest BCUT2D eigenvalue weighted by molar-refractivity contribution is 1.26. The summed E-state index contributed by atoms with van der Waals surface area (Å²) in [6.45, 7) is 0. The van der Waals surface area contributed by atoms with Crippen molar-refractivity contribution in [3.63, 3.8) is 0 Å². The van der Waals surface area contributed by atoms with Crippen LogP contribution in [0.15, 0.2) is 24.4 Å². The number of anilines is 2. The molecule has 1 aromatic carbocycles. The lowest BCUT2D eigenvalue weighted by Gasteiger charge is -2.01. The lowest BCUT2D eigenvalue weighted by atomic mass is 10.3. The molecular weight excluding hydrogens is 164 g/mol. The minimum atomic E-state index is 0.704. The summed E-state index contributed by atoms with van der Waals surface area (Å²) in [5.74, 6) is 0.748. The van der Waals surface area contributed by atoms with Crippen molar-refractivity contribution >= 4 is 22.5 Å². The summed E-state index contributed by atoms with van der Waals surface area (Å²) in [5.41, 5.74) is 8.00. The molecule has 0 unspecified atom stereocenters. The zero-order valence-electron chi connectivity index (χ0n) is 7.28. The maximum atomic E-state index is 5.63. The topological polar surface area (TPSA) is 63.8 Å². The van der Waals surface area contributed by atoms with E-state index in [0.717, 1.165) is 16.9 Å². The van der Waals surface area contributed by atoms with Gasteiger partial charge in [-0.25, -0.2) is 4.98 Å². The molecule has 3 N–H and O–H groups in total. The van der Waals surface area contributed by atoms with Gasteiger partial charge in [-0.15, -0.1) is 0 Å². The van der Waals surface area contributed by atoms with Gasteiger partial charge < -0.3 is 11.1 Å². The molecule has 2 aromatic rings. The molecule has 0 spiro atoms. The Morgan fingerprint density at radius 3 is 2.92 bits per heavy atom. The first kappa shape index (κ1) is 7.79. The van der Waals surface area contributed by atoms with Crippen molar-refractivity contribution in [2.24, 2.45) is 0 Å². The number of aromatic nitrogens is 2. The van der Waals surface area contributed by atoms with E-state index in [1.54, 1.807) is 6.20 Å². The summed E-state index contributed by atoms with van der Waals surface area (Å²) in [5, 5.41) is 2.92. The average molecular weight is 174 g/mol. The summed E-state index contributed by atoms with van der Waals surface area (Å²) in [6.07, 6.45) is 1.69. The van der Waals surface area contributed by atoms with Crippen molar-refractivity contribution in [1.82, 2.24) is 9.97 Å². The average Bonchev–Trinajstić information content (AvgIpc) is 2.16. The molecule has 13 heavy (non-hydrogen) atoms. The molecule has 66 valence electrons. The van der Waals surface area contributed by atoms with Crippen LogP contribution in [-0.2, 0) is 0 Å². The Hall–Kier alpha value is -1.84. The molecule has 0 aliphatic rings. The highest BCUT2D eigenvalue weighted by Crippen LogP contribution is 2.14. The minimum Gasteiger partial charge on any atom is -0.399 e. The number of nitrogens with two attached hydrogens (primary N) is 1. The fraction of sp³-hybridized carbons (Fsp3) is 0.111. The van der Waals surface area contributed by atoms with Gasteiger partial charge in [-0.2, -0.15) is 0 Å². The van der Waals surface area contributed by atoms with E-state index in [1.165, 1.54) is 0 Å². The van der Waals surface area contributed by atoms with Crippen molar-refractivity contribution in [2.45, 2.75) is 0 Å². The van der Waals surface area contributed by atoms with Crippen LogP contribution in [0.3, 0.4) is 0 Å². The summed E-state index contributed by atoms with van der Waals surface area (Å²) < 4.78 is 0. The van der Waals surface area contributed by atoms with Gasteiger partial charge in [-0.1, -0.05) is 0 Å². The molecule has 2 rings (SSSR count). The number of fused-ring (bicyclic) bond motifs is 1. The van der Waals surface area contributed by atoms with E-state index in [1.807, 2.05) is 25.2 Å². The first-order valence-electron chi connectivity index (χ1n) is 3.99. The number of benzene rings is 1. The Labute approximate surface area is 75.8 Å². The van der Waals surface area contributed by atoms with Gasteiger partial charge >= 0.3 is 0 Å². The Morgan fingerprint density at radius 1 is 1.31 bits per heavy atom. The Balaban J connectivity index is 2.68. The molecule has 0 radical (unpaired) electrons. The first-order chi connectivity index (χ1) is 6.29. The molecule has 0 fully saturated rings. The van der Waals surface area contributed by atoms with Crippen LogP contribution >= 0.6 is 0 Å². The van der Waals surface area contributed by atoms with Gasteiger partial charge in [0.25, 0.3) is 0 Å². The Kier molecular flexibility index (Phi) is 1.73. The maximum absolute atomic E-state index is 5.63. The molecule has 0 amide bonds. The van der Waals surface area contributed by atoms with E-state index < -0.39 is 0 Å². The smallest absolute Gasteiger partial charge is 0.144 e. The van der Waals surface area contributed by atoms with Crippen LogP contribution in [0, 0.1) is 0 Å². The maximum Gasteiger partial charge on any atom is 0.144 e. The Morgan fingerprint density at radius 2 is 2.15 bits per heavy atom. The van der Waals surface area contributed by atoms with Crippen LogP contribution in [0.5, 0.6) is 0 Å². The minimum absolute atomic E-state index is 0.704. The van der Waals surface area contributed by atoms with E-state index in [9.17, 15) is 0 Å². The SMILES string of the molecule is CNc1cnc2ccc(N)cc2n1. The molecule has 0 saturated heterocycles. The molecule has 0 saturated carbocycles. The van der Waals surface area contributed by atoms with Crippen LogP contribution < -0.4 is 11.1 Å². The van der Waals surface area contributed by atoms with E-state index in [0.29, 0.717) is 5.69 Å². The summed E-state index contributed by atoms with van der Waals surface area (Å²) in [7, 11) is 1.81. The molecule has 4 heteroatoms. The predicted molar refractivity (Wildman–Crippen MR) is 53.5 cm³/mol. The van der Waals surface area contributed by atoms with Gasteiger partial charge in [-0.05, 0) is 18.2 Å². The van der Waals surface area contributed by atoms with Crippen LogP contribution in [0.25, 0.3) is 11.0 Å². The molecule has 0 bridgehead atoms. The number of hydrogen-bond acceptors (Lipinski definition) is 4. The van der Waals surface area contributed by atoms with Crippen LogP contribution in [-0.4, -0.2) is 17.0 Å². The molecular formula is C9H10N4. The van der Waals surface area contributed by atoms with Crippen molar-refractivity contribution in [2.75, 3.05) is 18.1 Å². The van der Waals surface area contributed by atoms with Gasteiger partial charge in [0, 0.05) is 12.7 Å². The van der Waals surface area contributed by atoms with Gasteiger partial charge in [-0.3, -0.25) is 4.98 Å². The summed E-state index contributed by atoms with van der Waals surface area (Å²) >= 11 is 0. The van der Waals surface area contributed by atoms with Crippen molar-refractivity contribution in [3.05, 3.63) is 24.4 Å². The molecule has 4 nitrogen and oxygen atoms in total. The molecule has 0 atom stereocenters. The van der Waals surface area contributed by atoms with E-state index >= 15 is 0 Å². The number of nitrogen functional groups attached to an aromatic ring is 1. The van der Waals surface area contributed by atoms with Crippen molar-refractivity contribution in [1.29, 1.82) is 0 Å². The largest absolute Gasteiger partial charge is 0.399 e. The summed E-state index contributed by atoms with van der Waals surface area (Å²) in [6, 6.07) is 5.48. The zero-order chi connectivity index (χ0) is 9.26. The van der Waals surface area contributed by atoms with Crippen LogP contribution in [0.4, 0.5) is 11.5 Å². The second-order valence-electron chi connectivity index (χ2n) is 2.75. The van der Waals surface area contributed by atoms with E-state index in [4.69, 9.17) is 5.73 Å². The third kappa shape index (κ3) is 1.38. The van der Waals surface area contributed by atoms with Crippen molar-refractivity contribution < 1.29 is 0 Å². The molecule has 0 aliphatic heterocycles. The quantitative estimate of drug-likeness (QED) is 0.639. The Bertz CT molecular complexity index is 439. The highest BCUT2D eigenvalue weighted by molar-refractivity contribution is 5.78. The van der Waals surface area contributed by atoms with Gasteiger partial charge in [0.1, 0.15) is 5.82 Å².